The molecule has 0 radical (unpaired) electrons. The summed E-state index contributed by atoms with van der Waals surface area (Å²) in [6.45, 7) is 3.13. The topological polar surface area (TPSA) is 97.5 Å². The zero-order valence-corrected chi connectivity index (χ0v) is 7.30. The summed E-state index contributed by atoms with van der Waals surface area (Å²) in [4.78, 5) is 9.92. The van der Waals surface area contributed by atoms with Gasteiger partial charge in [-0.15, -0.1) is 0 Å². The van der Waals surface area contributed by atoms with Crippen LogP contribution in [0.4, 0.5) is 0 Å². The van der Waals surface area contributed by atoms with Crippen molar-refractivity contribution in [3.63, 3.8) is 0 Å². The van der Waals surface area contributed by atoms with Gasteiger partial charge in [0.25, 0.3) is 10.1 Å². The highest BCUT2D eigenvalue weighted by molar-refractivity contribution is 7.89. The first-order valence-electron chi connectivity index (χ1n) is 3.27. The zero-order valence-electron chi connectivity index (χ0n) is 6.49. The van der Waals surface area contributed by atoms with E-state index in [-0.39, 0.29) is 24.2 Å². The van der Waals surface area contributed by atoms with E-state index in [1.165, 1.54) is 0 Å². The summed E-state index contributed by atoms with van der Waals surface area (Å²) in [5.41, 5.74) is 4.81. The van der Waals surface area contributed by atoms with Crippen molar-refractivity contribution < 1.29 is 17.8 Å². The van der Waals surface area contributed by atoms with Gasteiger partial charge in [0.15, 0.2) is 0 Å². The first-order chi connectivity index (χ1) is 5.34. The van der Waals surface area contributed by atoms with Gasteiger partial charge >= 0.3 is 0 Å². The number of hydrogen-bond acceptors (Lipinski definition) is 3. The third kappa shape index (κ3) is 4.86. The van der Waals surface area contributed by atoms with Gasteiger partial charge in [-0.2, -0.15) is 8.42 Å². The minimum atomic E-state index is -4.15. The molecule has 0 aromatic heterocycles. The second-order valence-corrected chi connectivity index (χ2v) is 3.86. The van der Waals surface area contributed by atoms with E-state index in [9.17, 15) is 13.2 Å². The minimum Gasteiger partial charge on any atom is -0.370 e. The van der Waals surface area contributed by atoms with Crippen LogP contribution in [-0.2, 0) is 14.9 Å². The van der Waals surface area contributed by atoms with Crippen molar-refractivity contribution in [2.45, 2.75) is 19.3 Å². The number of carbonyl (C=O) groups excluding carboxylic acids is 1. The highest BCUT2D eigenvalue weighted by Crippen LogP contribution is 2.10. The highest BCUT2D eigenvalue weighted by Gasteiger charge is 2.10. The SMILES string of the molecule is C=C(CCCC(N)=O)S(=O)(=O)O. The van der Waals surface area contributed by atoms with Crippen LogP contribution in [0.1, 0.15) is 19.3 Å². The Labute approximate surface area is 71.0 Å². The monoisotopic (exact) mass is 193 g/mol. The van der Waals surface area contributed by atoms with Gasteiger partial charge in [-0.05, 0) is 12.8 Å². The molecule has 0 unspecified atom stereocenters. The van der Waals surface area contributed by atoms with Crippen LogP contribution in [0.2, 0.25) is 0 Å². The van der Waals surface area contributed by atoms with Gasteiger partial charge in [0.1, 0.15) is 0 Å². The lowest BCUT2D eigenvalue weighted by molar-refractivity contribution is -0.118. The molecule has 0 aliphatic heterocycles. The summed E-state index contributed by atoms with van der Waals surface area (Å²) < 4.78 is 29.1. The van der Waals surface area contributed by atoms with Crippen LogP contribution in [0.3, 0.4) is 0 Å². The molecule has 0 aromatic carbocycles. The smallest absolute Gasteiger partial charge is 0.290 e. The molecule has 6 heteroatoms. The van der Waals surface area contributed by atoms with Gasteiger partial charge in [-0.25, -0.2) is 0 Å². The Kier molecular flexibility index (Phi) is 3.91. The molecular formula is C6H11NO4S. The summed E-state index contributed by atoms with van der Waals surface area (Å²) >= 11 is 0. The third-order valence-corrected chi connectivity index (χ3v) is 2.18. The Morgan fingerprint density at radius 1 is 1.42 bits per heavy atom. The lowest BCUT2D eigenvalue weighted by Crippen LogP contribution is -2.10. The number of primary amides is 1. The van der Waals surface area contributed by atoms with Crippen molar-refractivity contribution in [3.05, 3.63) is 11.5 Å². The molecule has 0 fully saturated rings. The zero-order chi connectivity index (χ0) is 9.78. The fourth-order valence-electron chi connectivity index (χ4n) is 0.589. The fraction of sp³-hybridized carbons (Fsp3) is 0.500. The van der Waals surface area contributed by atoms with Gasteiger partial charge in [-0.1, -0.05) is 6.58 Å². The summed E-state index contributed by atoms with van der Waals surface area (Å²) in [6, 6.07) is 0. The second-order valence-electron chi connectivity index (χ2n) is 2.33. The Morgan fingerprint density at radius 3 is 2.25 bits per heavy atom. The van der Waals surface area contributed by atoms with Crippen molar-refractivity contribution in [1.29, 1.82) is 0 Å². The Morgan fingerprint density at radius 2 is 1.92 bits per heavy atom. The Bertz CT molecular complexity index is 280. The predicted octanol–water partition coefficient (Wildman–Crippen LogP) is 0.0435. The van der Waals surface area contributed by atoms with Crippen molar-refractivity contribution in [2.75, 3.05) is 0 Å². The predicted molar refractivity (Wildman–Crippen MR) is 43.7 cm³/mol. The Balaban J connectivity index is 3.82. The summed E-state index contributed by atoms with van der Waals surface area (Å²) in [5.74, 6) is -0.502. The molecule has 5 nitrogen and oxygen atoms in total. The Hall–Kier alpha value is -0.880. The normalized spacial score (nSPS) is 11.1. The fourth-order valence-corrected chi connectivity index (χ4v) is 0.991. The highest BCUT2D eigenvalue weighted by atomic mass is 32.2. The first-order valence-corrected chi connectivity index (χ1v) is 4.71. The maximum Gasteiger partial charge on any atom is 0.290 e. The van der Waals surface area contributed by atoms with E-state index in [1.54, 1.807) is 0 Å². The molecule has 0 rings (SSSR count). The number of rotatable bonds is 5. The van der Waals surface area contributed by atoms with E-state index in [2.05, 4.69) is 6.58 Å². The molecular weight excluding hydrogens is 182 g/mol. The lowest BCUT2D eigenvalue weighted by Gasteiger charge is -1.99. The molecule has 0 aliphatic rings. The quantitative estimate of drug-likeness (QED) is 0.602. The van der Waals surface area contributed by atoms with Crippen molar-refractivity contribution in [1.82, 2.24) is 0 Å². The van der Waals surface area contributed by atoms with Crippen molar-refractivity contribution >= 4 is 16.0 Å². The average molecular weight is 193 g/mol. The standard InChI is InChI=1S/C6H11NO4S/c1-5(12(9,10)11)3-2-4-6(7)8/h1-4H2,(H2,7,8)(H,9,10,11). The second kappa shape index (κ2) is 4.22. The molecule has 0 bridgehead atoms. The average Bonchev–Trinajstić information content (AvgIpc) is 1.84. The van der Waals surface area contributed by atoms with E-state index in [0.717, 1.165) is 0 Å². The molecule has 0 saturated heterocycles. The molecule has 0 atom stereocenters. The number of hydrogen-bond donors (Lipinski definition) is 2. The van der Waals surface area contributed by atoms with Crippen LogP contribution in [0.15, 0.2) is 11.5 Å². The first kappa shape index (κ1) is 11.1. The van der Waals surface area contributed by atoms with Gasteiger partial charge in [-0.3, -0.25) is 9.35 Å². The van der Waals surface area contributed by atoms with Gasteiger partial charge < -0.3 is 5.73 Å². The third-order valence-electron chi connectivity index (χ3n) is 1.24. The lowest BCUT2D eigenvalue weighted by atomic mass is 10.2. The van der Waals surface area contributed by atoms with Gasteiger partial charge in [0.05, 0.1) is 4.91 Å². The molecule has 0 saturated carbocycles. The summed E-state index contributed by atoms with van der Waals surface area (Å²) in [6.07, 6.45) is 0.435. The van der Waals surface area contributed by atoms with E-state index in [1.807, 2.05) is 0 Å². The molecule has 70 valence electrons. The summed E-state index contributed by atoms with van der Waals surface area (Å²) in [5, 5.41) is 0. The largest absolute Gasteiger partial charge is 0.370 e. The van der Waals surface area contributed by atoms with Gasteiger partial charge in [0, 0.05) is 6.42 Å². The van der Waals surface area contributed by atoms with Crippen LogP contribution in [-0.4, -0.2) is 18.9 Å². The minimum absolute atomic E-state index is 0.0573. The van der Waals surface area contributed by atoms with Crippen LogP contribution in [0, 0.1) is 0 Å². The number of allylic oxidation sites excluding steroid dienone is 1. The number of amides is 1. The molecule has 0 heterocycles. The summed E-state index contributed by atoms with van der Waals surface area (Å²) in [7, 11) is -4.15. The van der Waals surface area contributed by atoms with E-state index in [4.69, 9.17) is 10.3 Å². The van der Waals surface area contributed by atoms with Crippen LogP contribution in [0.5, 0.6) is 0 Å². The molecule has 3 N–H and O–H groups in total. The molecule has 12 heavy (non-hydrogen) atoms. The number of nitrogens with two attached hydrogens (primary N) is 1. The van der Waals surface area contributed by atoms with Crippen LogP contribution < -0.4 is 5.73 Å². The molecule has 0 spiro atoms. The maximum absolute atomic E-state index is 10.3. The van der Waals surface area contributed by atoms with E-state index >= 15 is 0 Å². The van der Waals surface area contributed by atoms with Crippen LogP contribution >= 0.6 is 0 Å². The molecule has 1 amide bonds. The van der Waals surface area contributed by atoms with E-state index in [0.29, 0.717) is 0 Å². The van der Waals surface area contributed by atoms with Crippen molar-refractivity contribution in [3.8, 4) is 0 Å². The van der Waals surface area contributed by atoms with Crippen molar-refractivity contribution in [2.24, 2.45) is 5.73 Å². The number of carbonyl (C=O) groups is 1. The molecule has 0 aromatic rings. The van der Waals surface area contributed by atoms with Crippen LogP contribution in [0.25, 0.3) is 0 Å². The maximum atomic E-state index is 10.3. The molecule has 0 aliphatic carbocycles. The van der Waals surface area contributed by atoms with E-state index < -0.39 is 16.0 Å². The van der Waals surface area contributed by atoms with Gasteiger partial charge in [0.2, 0.25) is 5.91 Å².